The summed E-state index contributed by atoms with van der Waals surface area (Å²) < 4.78 is 12.3. The van der Waals surface area contributed by atoms with Crippen LogP contribution < -0.4 is 15.2 Å². The van der Waals surface area contributed by atoms with Crippen molar-refractivity contribution in [3.63, 3.8) is 0 Å². The Balaban J connectivity index is 2.88. The summed E-state index contributed by atoms with van der Waals surface area (Å²) in [5.74, 6) is 1.42. The zero-order chi connectivity index (χ0) is 15.7. The molecule has 5 heteroatoms. The van der Waals surface area contributed by atoms with Crippen LogP contribution in [0.2, 0.25) is 0 Å². The van der Waals surface area contributed by atoms with Crippen LogP contribution >= 0.6 is 15.9 Å². The van der Waals surface area contributed by atoms with Gasteiger partial charge in [0.25, 0.3) is 0 Å². The first-order valence-corrected chi connectivity index (χ1v) is 8.12. The van der Waals surface area contributed by atoms with Gasteiger partial charge in [0, 0.05) is 12.5 Å². The number of halogens is 1. The fourth-order valence-corrected chi connectivity index (χ4v) is 2.52. The standard InChI is InChI=1S/C16H23BrN2O2/c1-3-13(19)9-12-10-14(17)16(15(11-12)20-4-2)21-8-6-5-7-18/h10-11,13H,3-6,8-9,19H2,1-2H3. The molecular weight excluding hydrogens is 332 g/mol. The molecule has 0 fully saturated rings. The van der Waals surface area contributed by atoms with Gasteiger partial charge >= 0.3 is 0 Å². The molecule has 0 saturated carbocycles. The van der Waals surface area contributed by atoms with Crippen molar-refractivity contribution >= 4 is 15.9 Å². The maximum Gasteiger partial charge on any atom is 0.175 e. The molecule has 1 aromatic carbocycles. The molecule has 0 aliphatic heterocycles. The number of nitrogens with zero attached hydrogens (tertiary/aromatic N) is 1. The Hall–Kier alpha value is -1.25. The van der Waals surface area contributed by atoms with Gasteiger partial charge in [0.15, 0.2) is 11.5 Å². The van der Waals surface area contributed by atoms with Crippen molar-refractivity contribution in [2.24, 2.45) is 5.73 Å². The lowest BCUT2D eigenvalue weighted by molar-refractivity contribution is 0.272. The number of nitriles is 1. The fraction of sp³-hybridized carbons (Fsp3) is 0.562. The van der Waals surface area contributed by atoms with Crippen LogP contribution in [0.15, 0.2) is 16.6 Å². The Kier molecular flexibility index (Phi) is 8.17. The van der Waals surface area contributed by atoms with Crippen LogP contribution in [0.5, 0.6) is 11.5 Å². The second-order valence-electron chi connectivity index (χ2n) is 4.82. The van der Waals surface area contributed by atoms with E-state index in [2.05, 4.69) is 28.9 Å². The Bertz CT molecular complexity index is 486. The highest BCUT2D eigenvalue weighted by Crippen LogP contribution is 2.37. The number of hydrogen-bond donors (Lipinski definition) is 1. The van der Waals surface area contributed by atoms with Gasteiger partial charge in [-0.1, -0.05) is 6.92 Å². The minimum absolute atomic E-state index is 0.147. The Morgan fingerprint density at radius 3 is 2.71 bits per heavy atom. The summed E-state index contributed by atoms with van der Waals surface area (Å²) in [6, 6.07) is 6.27. The zero-order valence-corrected chi connectivity index (χ0v) is 14.3. The van der Waals surface area contributed by atoms with Crippen molar-refractivity contribution in [2.75, 3.05) is 13.2 Å². The quantitative estimate of drug-likeness (QED) is 0.684. The molecule has 0 bridgehead atoms. The third kappa shape index (κ3) is 5.94. The molecule has 4 nitrogen and oxygen atoms in total. The van der Waals surface area contributed by atoms with Crippen LogP contribution in [0.25, 0.3) is 0 Å². The van der Waals surface area contributed by atoms with E-state index in [-0.39, 0.29) is 6.04 Å². The van der Waals surface area contributed by atoms with Crippen LogP contribution in [0.4, 0.5) is 0 Å². The highest BCUT2D eigenvalue weighted by molar-refractivity contribution is 9.10. The fourth-order valence-electron chi connectivity index (χ4n) is 1.91. The summed E-state index contributed by atoms with van der Waals surface area (Å²) in [5, 5.41) is 8.55. The first-order valence-electron chi connectivity index (χ1n) is 7.32. The summed E-state index contributed by atoms with van der Waals surface area (Å²) in [4.78, 5) is 0. The molecule has 0 radical (unpaired) electrons. The monoisotopic (exact) mass is 354 g/mol. The summed E-state index contributed by atoms with van der Waals surface area (Å²) in [7, 11) is 0. The van der Waals surface area contributed by atoms with Gasteiger partial charge in [-0.15, -0.1) is 0 Å². The Morgan fingerprint density at radius 1 is 1.33 bits per heavy atom. The minimum atomic E-state index is 0.147. The molecule has 0 aliphatic rings. The molecule has 0 heterocycles. The van der Waals surface area contributed by atoms with Crippen molar-refractivity contribution in [1.29, 1.82) is 5.26 Å². The van der Waals surface area contributed by atoms with Crippen molar-refractivity contribution in [1.82, 2.24) is 0 Å². The van der Waals surface area contributed by atoms with Gasteiger partial charge in [-0.3, -0.25) is 0 Å². The lowest BCUT2D eigenvalue weighted by Crippen LogP contribution is -2.21. The molecule has 0 saturated heterocycles. The number of hydrogen-bond acceptors (Lipinski definition) is 4. The van der Waals surface area contributed by atoms with Gasteiger partial charge in [-0.05, 0) is 59.8 Å². The van der Waals surface area contributed by atoms with E-state index in [1.54, 1.807) is 0 Å². The SMILES string of the molecule is CCOc1cc(CC(N)CC)cc(Br)c1OCCCC#N. The van der Waals surface area contributed by atoms with Gasteiger partial charge in [0.2, 0.25) is 0 Å². The minimum Gasteiger partial charge on any atom is -0.490 e. The van der Waals surface area contributed by atoms with Crippen molar-refractivity contribution < 1.29 is 9.47 Å². The molecule has 1 unspecified atom stereocenters. The van der Waals surface area contributed by atoms with Crippen molar-refractivity contribution in [3.8, 4) is 17.6 Å². The van der Waals surface area contributed by atoms with E-state index < -0.39 is 0 Å². The number of ether oxygens (including phenoxy) is 2. The summed E-state index contributed by atoms with van der Waals surface area (Å²) in [5.41, 5.74) is 7.14. The molecule has 2 N–H and O–H groups in total. The molecule has 0 aromatic heterocycles. The Morgan fingerprint density at radius 2 is 2.10 bits per heavy atom. The normalized spacial score (nSPS) is 11.8. The van der Waals surface area contributed by atoms with Crippen molar-refractivity contribution in [2.45, 2.75) is 45.6 Å². The van der Waals surface area contributed by atoms with E-state index in [1.807, 2.05) is 19.1 Å². The van der Waals surface area contributed by atoms with Crippen LogP contribution in [0.1, 0.15) is 38.7 Å². The lowest BCUT2D eigenvalue weighted by atomic mass is 10.0. The average molecular weight is 355 g/mol. The average Bonchev–Trinajstić information content (AvgIpc) is 2.46. The molecule has 1 rings (SSSR count). The largest absolute Gasteiger partial charge is 0.490 e. The van der Waals surface area contributed by atoms with Gasteiger partial charge in [0.1, 0.15) is 0 Å². The van der Waals surface area contributed by atoms with E-state index in [1.165, 1.54) is 0 Å². The van der Waals surface area contributed by atoms with Gasteiger partial charge in [-0.25, -0.2) is 0 Å². The van der Waals surface area contributed by atoms with Crippen LogP contribution in [-0.4, -0.2) is 19.3 Å². The molecule has 1 atom stereocenters. The maximum absolute atomic E-state index is 8.55. The molecule has 116 valence electrons. The van der Waals surface area contributed by atoms with E-state index in [0.29, 0.717) is 31.8 Å². The zero-order valence-electron chi connectivity index (χ0n) is 12.7. The molecule has 0 spiro atoms. The predicted octanol–water partition coefficient (Wildman–Crippen LogP) is 3.81. The molecule has 0 amide bonds. The first-order chi connectivity index (χ1) is 10.1. The summed E-state index contributed by atoms with van der Waals surface area (Å²) >= 11 is 3.54. The molecule has 0 aliphatic carbocycles. The highest BCUT2D eigenvalue weighted by atomic mass is 79.9. The molecule has 21 heavy (non-hydrogen) atoms. The van der Waals surface area contributed by atoms with E-state index in [0.717, 1.165) is 28.6 Å². The molecule has 1 aromatic rings. The third-order valence-corrected chi connectivity index (χ3v) is 3.66. The second-order valence-corrected chi connectivity index (χ2v) is 5.67. The smallest absolute Gasteiger partial charge is 0.175 e. The topological polar surface area (TPSA) is 68.3 Å². The number of rotatable bonds is 9. The Labute approximate surface area is 135 Å². The predicted molar refractivity (Wildman–Crippen MR) is 87.6 cm³/mol. The first kappa shape index (κ1) is 17.8. The number of benzene rings is 1. The third-order valence-electron chi connectivity index (χ3n) is 3.07. The van der Waals surface area contributed by atoms with Crippen molar-refractivity contribution in [3.05, 3.63) is 22.2 Å². The second kappa shape index (κ2) is 9.64. The van der Waals surface area contributed by atoms with Crippen LogP contribution in [-0.2, 0) is 6.42 Å². The summed E-state index contributed by atoms with van der Waals surface area (Å²) in [6.45, 7) is 5.10. The highest BCUT2D eigenvalue weighted by Gasteiger charge is 2.13. The maximum atomic E-state index is 8.55. The summed E-state index contributed by atoms with van der Waals surface area (Å²) in [6.07, 6.45) is 2.94. The number of unbranched alkanes of at least 4 members (excludes halogenated alkanes) is 1. The molecular formula is C16H23BrN2O2. The lowest BCUT2D eigenvalue weighted by Gasteiger charge is -2.16. The van der Waals surface area contributed by atoms with Crippen LogP contribution in [0, 0.1) is 11.3 Å². The van der Waals surface area contributed by atoms with E-state index >= 15 is 0 Å². The van der Waals surface area contributed by atoms with E-state index in [9.17, 15) is 0 Å². The van der Waals surface area contributed by atoms with Crippen LogP contribution in [0.3, 0.4) is 0 Å². The van der Waals surface area contributed by atoms with Gasteiger partial charge in [-0.2, -0.15) is 5.26 Å². The number of nitrogens with two attached hydrogens (primary N) is 1. The van der Waals surface area contributed by atoms with E-state index in [4.69, 9.17) is 20.5 Å². The van der Waals surface area contributed by atoms with Gasteiger partial charge in [0.05, 0.1) is 23.8 Å². The van der Waals surface area contributed by atoms with Gasteiger partial charge < -0.3 is 15.2 Å².